The van der Waals surface area contributed by atoms with Crippen molar-refractivity contribution >= 4 is 11.8 Å². The minimum absolute atomic E-state index is 0.0622. The van der Waals surface area contributed by atoms with Gasteiger partial charge in [0.05, 0.1) is 12.8 Å². The highest BCUT2D eigenvalue weighted by atomic mass is 19.1. The second-order valence-corrected chi connectivity index (χ2v) is 7.35. The van der Waals surface area contributed by atoms with Crippen LogP contribution in [0.3, 0.4) is 0 Å². The molecule has 0 spiro atoms. The fourth-order valence-corrected chi connectivity index (χ4v) is 3.11. The van der Waals surface area contributed by atoms with Crippen molar-refractivity contribution in [2.45, 2.75) is 33.0 Å². The van der Waals surface area contributed by atoms with Crippen molar-refractivity contribution in [3.8, 4) is 0 Å². The Hall–Kier alpha value is -3.41. The lowest BCUT2D eigenvalue weighted by molar-refractivity contribution is -0.133. The van der Waals surface area contributed by atoms with Gasteiger partial charge in [0.25, 0.3) is 5.91 Å². The maximum atomic E-state index is 13.3. The minimum Gasteiger partial charge on any atom is -0.467 e. The summed E-state index contributed by atoms with van der Waals surface area (Å²) in [5.74, 6) is -0.106. The first-order valence-corrected chi connectivity index (χ1v) is 9.84. The van der Waals surface area contributed by atoms with Crippen molar-refractivity contribution in [3.05, 3.63) is 95.7 Å². The number of amides is 2. The van der Waals surface area contributed by atoms with Crippen LogP contribution in [0.25, 0.3) is 0 Å². The molecule has 0 fully saturated rings. The third-order valence-corrected chi connectivity index (χ3v) is 4.78. The Labute approximate surface area is 175 Å². The molecule has 6 heteroatoms. The van der Waals surface area contributed by atoms with E-state index in [1.165, 1.54) is 12.1 Å². The molecule has 0 aliphatic heterocycles. The van der Waals surface area contributed by atoms with Crippen molar-refractivity contribution in [2.75, 3.05) is 6.54 Å². The van der Waals surface area contributed by atoms with E-state index in [9.17, 15) is 14.0 Å². The molecule has 2 aromatic carbocycles. The maximum absolute atomic E-state index is 13.3. The van der Waals surface area contributed by atoms with Gasteiger partial charge < -0.3 is 14.2 Å². The fourth-order valence-electron chi connectivity index (χ4n) is 3.11. The molecule has 0 unspecified atom stereocenters. The van der Waals surface area contributed by atoms with Gasteiger partial charge in [-0.05, 0) is 55.8 Å². The summed E-state index contributed by atoms with van der Waals surface area (Å²) in [5.41, 5.74) is 1.33. The van der Waals surface area contributed by atoms with Gasteiger partial charge >= 0.3 is 0 Å². The van der Waals surface area contributed by atoms with Crippen LogP contribution in [-0.2, 0) is 17.9 Å². The van der Waals surface area contributed by atoms with Gasteiger partial charge in [0.2, 0.25) is 5.91 Å². The zero-order chi connectivity index (χ0) is 21.5. The highest BCUT2D eigenvalue weighted by molar-refractivity contribution is 5.96. The number of halogens is 1. The van der Waals surface area contributed by atoms with Crippen LogP contribution in [0.4, 0.5) is 4.39 Å². The number of carbonyl (C=O) groups excluding carboxylic acids is 2. The molecule has 3 rings (SSSR count). The molecule has 0 radical (unpaired) electrons. The second-order valence-electron chi connectivity index (χ2n) is 7.35. The van der Waals surface area contributed by atoms with E-state index in [-0.39, 0.29) is 43.3 Å². The van der Waals surface area contributed by atoms with E-state index in [2.05, 4.69) is 0 Å². The molecule has 1 heterocycles. The van der Waals surface area contributed by atoms with Gasteiger partial charge in [-0.1, -0.05) is 30.3 Å². The van der Waals surface area contributed by atoms with Crippen LogP contribution >= 0.6 is 0 Å². The van der Waals surface area contributed by atoms with E-state index in [4.69, 9.17) is 4.42 Å². The van der Waals surface area contributed by atoms with Crippen LogP contribution in [0.1, 0.15) is 35.5 Å². The summed E-state index contributed by atoms with van der Waals surface area (Å²) in [7, 11) is 0. The molecule has 30 heavy (non-hydrogen) atoms. The first-order valence-electron chi connectivity index (χ1n) is 9.84. The molecule has 0 N–H and O–H groups in total. The van der Waals surface area contributed by atoms with Crippen LogP contribution < -0.4 is 0 Å². The Bertz CT molecular complexity index is 954. The van der Waals surface area contributed by atoms with Crippen molar-refractivity contribution < 1.29 is 18.4 Å². The molecule has 5 nitrogen and oxygen atoms in total. The molecule has 0 saturated heterocycles. The predicted molar refractivity (Wildman–Crippen MR) is 112 cm³/mol. The van der Waals surface area contributed by atoms with E-state index < -0.39 is 0 Å². The van der Waals surface area contributed by atoms with Crippen molar-refractivity contribution in [3.63, 3.8) is 0 Å². The monoisotopic (exact) mass is 408 g/mol. The molecule has 0 bridgehead atoms. The van der Waals surface area contributed by atoms with Gasteiger partial charge in [0, 0.05) is 18.2 Å². The summed E-state index contributed by atoms with van der Waals surface area (Å²) >= 11 is 0. The van der Waals surface area contributed by atoms with Gasteiger partial charge in [0.15, 0.2) is 0 Å². The fraction of sp³-hybridized carbons (Fsp3) is 0.250. The first-order chi connectivity index (χ1) is 14.4. The third kappa shape index (κ3) is 5.56. The standard InChI is InChI=1S/C24H25FN2O3/c1-18(2)27(24(29)20-7-4-3-5-8-20)17-23(28)26(16-22-9-6-14-30-22)15-19-10-12-21(25)13-11-19/h3-14,18H,15-17H2,1-2H3. The summed E-state index contributed by atoms with van der Waals surface area (Å²) in [6.07, 6.45) is 1.55. The molecule has 1 aromatic heterocycles. The summed E-state index contributed by atoms with van der Waals surface area (Å²) in [4.78, 5) is 29.3. The normalized spacial score (nSPS) is 10.8. The summed E-state index contributed by atoms with van der Waals surface area (Å²) in [5, 5.41) is 0. The average molecular weight is 408 g/mol. The van der Waals surface area contributed by atoms with Crippen LogP contribution in [0.5, 0.6) is 0 Å². The molecule has 3 aromatic rings. The molecular formula is C24H25FN2O3. The Kier molecular flexibility index (Phi) is 7.01. The summed E-state index contributed by atoms with van der Waals surface area (Å²) in [6, 6.07) is 18.3. The van der Waals surface area contributed by atoms with E-state index in [1.54, 1.807) is 64.6 Å². The molecule has 2 amide bonds. The van der Waals surface area contributed by atoms with Gasteiger partial charge in [-0.3, -0.25) is 9.59 Å². The number of hydrogen-bond acceptors (Lipinski definition) is 3. The van der Waals surface area contributed by atoms with Crippen molar-refractivity contribution in [2.24, 2.45) is 0 Å². The Morgan fingerprint density at radius 1 is 0.933 bits per heavy atom. The number of hydrogen-bond donors (Lipinski definition) is 0. The van der Waals surface area contributed by atoms with E-state index in [0.29, 0.717) is 11.3 Å². The van der Waals surface area contributed by atoms with Crippen LogP contribution in [-0.4, -0.2) is 34.2 Å². The van der Waals surface area contributed by atoms with Crippen LogP contribution in [0.2, 0.25) is 0 Å². The van der Waals surface area contributed by atoms with Gasteiger partial charge in [-0.25, -0.2) is 4.39 Å². The summed E-state index contributed by atoms with van der Waals surface area (Å²) in [6.45, 7) is 4.24. The van der Waals surface area contributed by atoms with Crippen molar-refractivity contribution in [1.29, 1.82) is 0 Å². The Morgan fingerprint density at radius 3 is 2.23 bits per heavy atom. The molecular weight excluding hydrogens is 383 g/mol. The molecule has 0 aliphatic rings. The highest BCUT2D eigenvalue weighted by Crippen LogP contribution is 2.14. The largest absolute Gasteiger partial charge is 0.467 e. The zero-order valence-electron chi connectivity index (χ0n) is 17.1. The highest BCUT2D eigenvalue weighted by Gasteiger charge is 2.25. The second kappa shape index (κ2) is 9.87. The lowest BCUT2D eigenvalue weighted by Crippen LogP contribution is -2.45. The number of furan rings is 1. The van der Waals surface area contributed by atoms with Gasteiger partial charge in [-0.2, -0.15) is 0 Å². The molecule has 156 valence electrons. The average Bonchev–Trinajstić information content (AvgIpc) is 3.26. The molecule has 0 aliphatic carbocycles. The topological polar surface area (TPSA) is 53.8 Å². The number of benzene rings is 2. The molecule has 0 atom stereocenters. The lowest BCUT2D eigenvalue weighted by Gasteiger charge is -2.30. The first kappa shape index (κ1) is 21.3. The molecule has 0 saturated carbocycles. The SMILES string of the molecule is CC(C)N(CC(=O)N(Cc1ccc(F)cc1)Cc1ccco1)C(=O)c1ccccc1. The van der Waals surface area contributed by atoms with E-state index in [0.717, 1.165) is 5.56 Å². The summed E-state index contributed by atoms with van der Waals surface area (Å²) < 4.78 is 18.7. The zero-order valence-corrected chi connectivity index (χ0v) is 17.1. The van der Waals surface area contributed by atoms with Crippen molar-refractivity contribution in [1.82, 2.24) is 9.80 Å². The third-order valence-electron chi connectivity index (χ3n) is 4.78. The minimum atomic E-state index is -0.331. The maximum Gasteiger partial charge on any atom is 0.254 e. The van der Waals surface area contributed by atoms with Gasteiger partial charge in [-0.15, -0.1) is 0 Å². The quantitative estimate of drug-likeness (QED) is 0.552. The lowest BCUT2D eigenvalue weighted by atomic mass is 10.1. The number of rotatable bonds is 8. The van der Waals surface area contributed by atoms with E-state index in [1.807, 2.05) is 19.9 Å². The van der Waals surface area contributed by atoms with Crippen LogP contribution in [0, 0.1) is 5.82 Å². The number of nitrogens with zero attached hydrogens (tertiary/aromatic N) is 2. The van der Waals surface area contributed by atoms with E-state index >= 15 is 0 Å². The Morgan fingerprint density at radius 2 is 1.63 bits per heavy atom. The smallest absolute Gasteiger partial charge is 0.254 e. The van der Waals surface area contributed by atoms with Crippen LogP contribution in [0.15, 0.2) is 77.4 Å². The Balaban J connectivity index is 1.79. The number of carbonyl (C=O) groups is 2. The predicted octanol–water partition coefficient (Wildman–Crippen LogP) is 4.50. The van der Waals surface area contributed by atoms with Gasteiger partial charge in [0.1, 0.15) is 18.1 Å².